The molecule has 0 saturated carbocycles. The van der Waals surface area contributed by atoms with Gasteiger partial charge in [0.1, 0.15) is 0 Å². The monoisotopic (exact) mass is 279 g/mol. The molecule has 3 nitrogen and oxygen atoms in total. The molecule has 1 atom stereocenters. The maximum absolute atomic E-state index is 6.33. The average molecular weight is 279 g/mol. The molecule has 0 aromatic rings. The van der Waals surface area contributed by atoms with Gasteiger partial charge in [0.25, 0.3) is 0 Å². The minimum Gasteiger partial charge on any atom is -0.403 e. The van der Waals surface area contributed by atoms with Gasteiger partial charge in [-0.2, -0.15) is 0 Å². The molecule has 116 valence electrons. The van der Waals surface area contributed by atoms with Gasteiger partial charge in [-0.15, -0.1) is 0 Å². The number of hydrogen-bond acceptors (Lipinski definition) is 3. The molecule has 3 heteroatoms. The molecule has 0 aromatic carbocycles. The van der Waals surface area contributed by atoms with Crippen molar-refractivity contribution in [3.8, 4) is 0 Å². The maximum atomic E-state index is 6.33. The molecule has 0 spiro atoms. The van der Waals surface area contributed by atoms with Gasteiger partial charge in [-0.25, -0.2) is 0 Å². The summed E-state index contributed by atoms with van der Waals surface area (Å²) < 4.78 is 0. The lowest BCUT2D eigenvalue weighted by molar-refractivity contribution is 0.600. The van der Waals surface area contributed by atoms with Crippen LogP contribution in [0, 0.1) is 5.92 Å². The van der Waals surface area contributed by atoms with Crippen LogP contribution in [0.3, 0.4) is 0 Å². The van der Waals surface area contributed by atoms with E-state index >= 15 is 0 Å². The highest BCUT2D eigenvalue weighted by molar-refractivity contribution is 5.22. The van der Waals surface area contributed by atoms with Gasteiger partial charge in [0, 0.05) is 23.5 Å². The Balaban J connectivity index is 4.84. The maximum Gasteiger partial charge on any atom is 0.0111 e. The molecule has 0 aromatic heterocycles. The number of allylic oxidation sites excluding steroid dienone is 5. The normalized spacial score (nSPS) is 16.6. The summed E-state index contributed by atoms with van der Waals surface area (Å²) in [5, 5.41) is 0. The van der Waals surface area contributed by atoms with E-state index in [-0.39, 0.29) is 0 Å². The van der Waals surface area contributed by atoms with Crippen molar-refractivity contribution in [3.05, 3.63) is 34.3 Å². The molecular formula is C17H33N3. The lowest BCUT2D eigenvalue weighted by Crippen LogP contribution is -2.14. The van der Waals surface area contributed by atoms with Crippen LogP contribution in [0.4, 0.5) is 0 Å². The average Bonchev–Trinajstić information content (AvgIpc) is 2.42. The highest BCUT2D eigenvalue weighted by Crippen LogP contribution is 2.23. The summed E-state index contributed by atoms with van der Waals surface area (Å²) in [5.74, 6) is 0.371. The van der Waals surface area contributed by atoms with Crippen molar-refractivity contribution in [2.24, 2.45) is 23.1 Å². The third-order valence-corrected chi connectivity index (χ3v) is 3.91. The van der Waals surface area contributed by atoms with Crippen LogP contribution < -0.4 is 17.2 Å². The molecule has 0 heterocycles. The van der Waals surface area contributed by atoms with E-state index in [1.165, 1.54) is 11.1 Å². The molecule has 0 fully saturated rings. The topological polar surface area (TPSA) is 78.1 Å². The Labute approximate surface area is 125 Å². The Bertz CT molecular complexity index is 385. The van der Waals surface area contributed by atoms with Crippen molar-refractivity contribution in [2.75, 3.05) is 0 Å². The third-order valence-electron chi connectivity index (χ3n) is 3.91. The largest absolute Gasteiger partial charge is 0.403 e. The molecule has 0 rings (SSSR count). The number of nitrogens with two attached hydrogens (primary N) is 3. The smallest absolute Gasteiger partial charge is 0.0111 e. The summed E-state index contributed by atoms with van der Waals surface area (Å²) >= 11 is 0. The molecular weight excluding hydrogens is 246 g/mol. The van der Waals surface area contributed by atoms with Crippen LogP contribution >= 0.6 is 0 Å². The summed E-state index contributed by atoms with van der Waals surface area (Å²) in [5.41, 5.74) is 23.5. The Morgan fingerprint density at radius 3 is 2.10 bits per heavy atom. The second kappa shape index (κ2) is 9.51. The van der Waals surface area contributed by atoms with Crippen LogP contribution in [0.2, 0.25) is 0 Å². The van der Waals surface area contributed by atoms with Crippen molar-refractivity contribution < 1.29 is 0 Å². The molecule has 0 aliphatic carbocycles. The Morgan fingerprint density at radius 2 is 1.65 bits per heavy atom. The quantitative estimate of drug-likeness (QED) is 0.630. The predicted octanol–water partition coefficient (Wildman–Crippen LogP) is 3.92. The zero-order valence-corrected chi connectivity index (χ0v) is 13.9. The Morgan fingerprint density at radius 1 is 1.05 bits per heavy atom. The fourth-order valence-electron chi connectivity index (χ4n) is 2.10. The second-order valence-corrected chi connectivity index (χ2v) is 5.67. The first-order valence-electron chi connectivity index (χ1n) is 7.67. The van der Waals surface area contributed by atoms with Gasteiger partial charge in [0.2, 0.25) is 0 Å². The summed E-state index contributed by atoms with van der Waals surface area (Å²) in [6.07, 6.45) is 6.82. The van der Waals surface area contributed by atoms with Crippen LogP contribution in [0.5, 0.6) is 0 Å². The van der Waals surface area contributed by atoms with Gasteiger partial charge >= 0.3 is 0 Å². The first-order chi connectivity index (χ1) is 9.33. The van der Waals surface area contributed by atoms with Crippen molar-refractivity contribution in [1.82, 2.24) is 0 Å². The zero-order chi connectivity index (χ0) is 15.7. The first-order valence-corrected chi connectivity index (χ1v) is 7.67. The summed E-state index contributed by atoms with van der Waals surface area (Å²) in [4.78, 5) is 0. The molecule has 0 radical (unpaired) electrons. The summed E-state index contributed by atoms with van der Waals surface area (Å²) in [7, 11) is 0. The number of rotatable bonds is 8. The van der Waals surface area contributed by atoms with E-state index < -0.39 is 0 Å². The fourth-order valence-corrected chi connectivity index (χ4v) is 2.10. The van der Waals surface area contributed by atoms with Gasteiger partial charge in [-0.05, 0) is 51.0 Å². The van der Waals surface area contributed by atoms with E-state index in [4.69, 9.17) is 17.2 Å². The van der Waals surface area contributed by atoms with Crippen molar-refractivity contribution in [2.45, 2.75) is 66.7 Å². The molecule has 0 saturated heterocycles. The molecule has 0 aliphatic rings. The van der Waals surface area contributed by atoms with Crippen LogP contribution in [0.15, 0.2) is 34.3 Å². The van der Waals surface area contributed by atoms with Crippen LogP contribution in [-0.2, 0) is 0 Å². The lowest BCUT2D eigenvalue weighted by Gasteiger charge is -2.17. The van der Waals surface area contributed by atoms with Gasteiger partial charge in [-0.3, -0.25) is 0 Å². The lowest BCUT2D eigenvalue weighted by atomic mass is 9.93. The van der Waals surface area contributed by atoms with E-state index in [1.807, 2.05) is 6.92 Å². The first kappa shape index (κ1) is 18.6. The SMILES string of the molecule is CC/C(C)=C(/N)C/C(CC)=C(/N)C(C)CC/C=C(\C)N. The van der Waals surface area contributed by atoms with E-state index in [2.05, 4.69) is 33.8 Å². The Kier molecular flexibility index (Phi) is 8.86. The molecule has 1 unspecified atom stereocenters. The molecule has 0 bridgehead atoms. The molecule has 20 heavy (non-hydrogen) atoms. The number of hydrogen-bond donors (Lipinski definition) is 3. The summed E-state index contributed by atoms with van der Waals surface area (Å²) in [6.45, 7) is 10.5. The van der Waals surface area contributed by atoms with Gasteiger partial charge < -0.3 is 17.2 Å². The minimum absolute atomic E-state index is 0.371. The van der Waals surface area contributed by atoms with E-state index in [0.29, 0.717) is 5.92 Å². The Hall–Kier alpha value is -1.38. The van der Waals surface area contributed by atoms with E-state index in [1.54, 1.807) is 0 Å². The van der Waals surface area contributed by atoms with Crippen molar-refractivity contribution in [1.29, 1.82) is 0 Å². The van der Waals surface area contributed by atoms with E-state index in [0.717, 1.165) is 49.2 Å². The summed E-state index contributed by atoms with van der Waals surface area (Å²) in [6, 6.07) is 0. The molecule has 0 aliphatic heterocycles. The van der Waals surface area contributed by atoms with E-state index in [9.17, 15) is 0 Å². The highest BCUT2D eigenvalue weighted by Gasteiger charge is 2.11. The second-order valence-electron chi connectivity index (χ2n) is 5.67. The van der Waals surface area contributed by atoms with Crippen LogP contribution in [0.25, 0.3) is 0 Å². The highest BCUT2D eigenvalue weighted by atomic mass is 14.6. The van der Waals surface area contributed by atoms with Crippen molar-refractivity contribution in [3.63, 3.8) is 0 Å². The zero-order valence-electron chi connectivity index (χ0n) is 13.9. The van der Waals surface area contributed by atoms with Gasteiger partial charge in [-0.1, -0.05) is 32.4 Å². The fraction of sp³-hybridized carbons (Fsp3) is 0.647. The van der Waals surface area contributed by atoms with Crippen molar-refractivity contribution >= 4 is 0 Å². The minimum atomic E-state index is 0.371. The molecule has 6 N–H and O–H groups in total. The van der Waals surface area contributed by atoms with Crippen LogP contribution in [-0.4, -0.2) is 0 Å². The standard InChI is InChI=1S/C17H33N3/c1-6-12(3)16(19)11-15(7-2)17(20)13(4)9-8-10-14(5)18/h10,13H,6-9,11,18-20H2,1-5H3/b14-10+,16-12+,17-15+. The van der Waals surface area contributed by atoms with Gasteiger partial charge in [0.15, 0.2) is 0 Å². The van der Waals surface area contributed by atoms with Gasteiger partial charge in [0.05, 0.1) is 0 Å². The third kappa shape index (κ3) is 6.69. The predicted molar refractivity (Wildman–Crippen MR) is 89.6 cm³/mol. The molecule has 0 amide bonds. The van der Waals surface area contributed by atoms with Crippen LogP contribution in [0.1, 0.15) is 66.7 Å².